The van der Waals surface area contributed by atoms with Gasteiger partial charge in [0.25, 0.3) is 0 Å². The lowest BCUT2D eigenvalue weighted by Crippen LogP contribution is -2.32. The monoisotopic (exact) mass is 779 g/mol. The standard InChI is InChI=1S/C57H37N3O/c1-3-36-25-28-40-31-32-50(38-15-5-4-6-16-38)59-56(40)55(36)58-35(2)37-26-29-39(30-27-37)54-45-34-49-44(33-43(45)42-18-8-12-22-51(42)60-54)41-17-7-9-19-46(41)57(49)47-20-10-13-23-52(47)61-53-24-14-11-21-48(53)57/h3-34H,1H2,2H3/b58-35+. The van der Waals surface area contributed by atoms with Gasteiger partial charge in [-0.3, -0.25) is 4.99 Å². The van der Waals surface area contributed by atoms with E-state index in [0.29, 0.717) is 0 Å². The lowest BCUT2D eigenvalue weighted by atomic mass is 9.66. The molecule has 4 nitrogen and oxygen atoms in total. The molecule has 0 saturated heterocycles. The molecule has 2 aliphatic rings. The minimum Gasteiger partial charge on any atom is -0.457 e. The van der Waals surface area contributed by atoms with Crippen molar-refractivity contribution in [2.45, 2.75) is 12.3 Å². The third-order valence-corrected chi connectivity index (χ3v) is 12.7. The number of fused-ring (bicyclic) bond motifs is 13. The first-order valence-electron chi connectivity index (χ1n) is 20.7. The molecule has 0 amide bonds. The van der Waals surface area contributed by atoms with E-state index in [4.69, 9.17) is 19.7 Å². The van der Waals surface area contributed by atoms with Crippen LogP contribution in [0.3, 0.4) is 0 Å². The molecule has 0 N–H and O–H groups in total. The predicted molar refractivity (Wildman–Crippen MR) is 251 cm³/mol. The number of pyridine rings is 2. The van der Waals surface area contributed by atoms with Crippen molar-refractivity contribution in [2.24, 2.45) is 4.99 Å². The molecule has 4 heteroatoms. The van der Waals surface area contributed by atoms with Gasteiger partial charge >= 0.3 is 0 Å². The number of nitrogens with zero attached hydrogens (tertiary/aromatic N) is 3. The summed E-state index contributed by atoms with van der Waals surface area (Å²) in [4.78, 5) is 15.8. The minimum atomic E-state index is -0.575. The highest BCUT2D eigenvalue weighted by atomic mass is 16.5. The summed E-state index contributed by atoms with van der Waals surface area (Å²) >= 11 is 0. The van der Waals surface area contributed by atoms with E-state index in [1.807, 2.05) is 24.3 Å². The normalized spacial score (nSPS) is 13.4. The third kappa shape index (κ3) is 5.22. The molecule has 12 rings (SSSR count). The lowest BCUT2D eigenvalue weighted by Gasteiger charge is -2.39. The Bertz CT molecular complexity index is 3430. The molecule has 1 aliphatic carbocycles. The maximum atomic E-state index is 6.63. The molecule has 3 heterocycles. The van der Waals surface area contributed by atoms with E-state index in [9.17, 15) is 0 Å². The van der Waals surface area contributed by atoms with Crippen LogP contribution in [-0.4, -0.2) is 15.7 Å². The summed E-state index contributed by atoms with van der Waals surface area (Å²) in [6.07, 6.45) is 1.86. The first-order valence-corrected chi connectivity index (χ1v) is 20.7. The average molecular weight is 780 g/mol. The molecule has 10 aromatic rings. The minimum absolute atomic E-state index is 0.575. The zero-order valence-corrected chi connectivity index (χ0v) is 33.4. The van der Waals surface area contributed by atoms with Crippen molar-refractivity contribution >= 4 is 50.1 Å². The Hall–Kier alpha value is -7.95. The molecule has 0 bridgehead atoms. The molecule has 61 heavy (non-hydrogen) atoms. The zero-order valence-electron chi connectivity index (χ0n) is 33.4. The fourth-order valence-corrected chi connectivity index (χ4v) is 9.86. The molecule has 0 fully saturated rings. The highest BCUT2D eigenvalue weighted by molar-refractivity contribution is 6.14. The highest BCUT2D eigenvalue weighted by Crippen LogP contribution is 2.62. The van der Waals surface area contributed by atoms with Crippen LogP contribution in [0.5, 0.6) is 11.5 Å². The van der Waals surface area contributed by atoms with Crippen LogP contribution < -0.4 is 4.74 Å². The zero-order chi connectivity index (χ0) is 40.7. The van der Waals surface area contributed by atoms with Gasteiger partial charge in [0.2, 0.25) is 0 Å². The Morgan fingerprint density at radius 2 is 1.23 bits per heavy atom. The second kappa shape index (κ2) is 13.6. The fourth-order valence-electron chi connectivity index (χ4n) is 9.86. The van der Waals surface area contributed by atoms with Crippen molar-refractivity contribution in [3.63, 3.8) is 0 Å². The molecule has 0 saturated carbocycles. The van der Waals surface area contributed by atoms with Gasteiger partial charge in [0.15, 0.2) is 0 Å². The van der Waals surface area contributed by atoms with Crippen molar-refractivity contribution in [3.8, 4) is 45.1 Å². The van der Waals surface area contributed by atoms with Crippen LogP contribution in [0.1, 0.15) is 40.3 Å². The Labute approximate surface area is 353 Å². The molecule has 8 aromatic carbocycles. The largest absolute Gasteiger partial charge is 0.457 e. The van der Waals surface area contributed by atoms with Crippen LogP contribution in [0.4, 0.5) is 5.69 Å². The summed E-state index contributed by atoms with van der Waals surface area (Å²) in [5.41, 5.74) is 16.1. The van der Waals surface area contributed by atoms with Crippen molar-refractivity contribution < 1.29 is 4.74 Å². The Kier molecular flexibility index (Phi) is 7.78. The number of hydrogen-bond donors (Lipinski definition) is 0. The van der Waals surface area contributed by atoms with Gasteiger partial charge in [0, 0.05) is 49.7 Å². The number of aromatic nitrogens is 2. The van der Waals surface area contributed by atoms with E-state index < -0.39 is 5.41 Å². The summed E-state index contributed by atoms with van der Waals surface area (Å²) < 4.78 is 6.63. The Morgan fingerprint density at radius 1 is 0.557 bits per heavy atom. The van der Waals surface area contributed by atoms with Crippen LogP contribution in [0, 0.1) is 0 Å². The van der Waals surface area contributed by atoms with Crippen molar-refractivity contribution in [2.75, 3.05) is 0 Å². The number of aliphatic imine (C=N–C) groups is 1. The van der Waals surface area contributed by atoms with Gasteiger partial charge in [-0.25, -0.2) is 9.97 Å². The van der Waals surface area contributed by atoms with E-state index in [1.54, 1.807) is 0 Å². The molecule has 1 aliphatic heterocycles. The Morgan fingerprint density at radius 3 is 2.00 bits per heavy atom. The quantitative estimate of drug-likeness (QED) is 0.129. The Balaban J connectivity index is 1.04. The molecule has 1 spiro atoms. The van der Waals surface area contributed by atoms with Crippen molar-refractivity contribution in [3.05, 3.63) is 228 Å². The number of hydrogen-bond acceptors (Lipinski definition) is 4. The van der Waals surface area contributed by atoms with Gasteiger partial charge in [-0.2, -0.15) is 0 Å². The van der Waals surface area contributed by atoms with E-state index in [2.05, 4.69) is 183 Å². The second-order valence-corrected chi connectivity index (χ2v) is 15.9. The van der Waals surface area contributed by atoms with Gasteiger partial charge in [-0.1, -0.05) is 164 Å². The predicted octanol–water partition coefficient (Wildman–Crippen LogP) is 14.5. The van der Waals surface area contributed by atoms with Gasteiger partial charge in [0.1, 0.15) is 11.5 Å². The third-order valence-electron chi connectivity index (χ3n) is 12.7. The first kappa shape index (κ1) is 35.0. The smallest absolute Gasteiger partial charge is 0.132 e. The SMILES string of the molecule is C=Cc1ccc2ccc(-c3ccccc3)nc2c1/N=C(\C)c1ccc(-c2nc3ccccc3c3cc4c(cc23)C2(c3ccccc3Oc3ccccc32)c2ccccc2-4)cc1. The van der Waals surface area contributed by atoms with Crippen LogP contribution in [0.2, 0.25) is 0 Å². The van der Waals surface area contributed by atoms with Gasteiger partial charge in [-0.15, -0.1) is 0 Å². The van der Waals surface area contributed by atoms with Crippen LogP contribution in [-0.2, 0) is 5.41 Å². The lowest BCUT2D eigenvalue weighted by molar-refractivity contribution is 0.436. The molecule has 2 aromatic heterocycles. The fraction of sp³-hybridized carbons (Fsp3) is 0.0351. The first-order chi connectivity index (χ1) is 30.1. The number of rotatable bonds is 5. The van der Waals surface area contributed by atoms with Gasteiger partial charge in [0.05, 0.1) is 33.5 Å². The molecule has 286 valence electrons. The summed E-state index contributed by atoms with van der Waals surface area (Å²) in [5, 5.41) is 4.45. The van der Waals surface area contributed by atoms with Crippen LogP contribution >= 0.6 is 0 Å². The number of benzene rings is 8. The van der Waals surface area contributed by atoms with Crippen LogP contribution in [0.25, 0.3) is 72.3 Å². The van der Waals surface area contributed by atoms with Crippen molar-refractivity contribution in [1.82, 2.24) is 9.97 Å². The highest BCUT2D eigenvalue weighted by Gasteiger charge is 2.51. The maximum absolute atomic E-state index is 6.63. The van der Waals surface area contributed by atoms with Crippen LogP contribution in [0.15, 0.2) is 200 Å². The summed E-state index contributed by atoms with van der Waals surface area (Å²) in [5.74, 6) is 1.76. The molecule has 0 atom stereocenters. The molecule has 0 unspecified atom stereocenters. The second-order valence-electron chi connectivity index (χ2n) is 15.9. The topological polar surface area (TPSA) is 47.4 Å². The summed E-state index contributed by atoms with van der Waals surface area (Å²) in [6.45, 7) is 6.19. The summed E-state index contributed by atoms with van der Waals surface area (Å²) in [6, 6.07) is 66.6. The van der Waals surface area contributed by atoms with Gasteiger partial charge < -0.3 is 4.74 Å². The molecular weight excluding hydrogens is 743 g/mol. The number of ether oxygens (including phenoxy) is 1. The van der Waals surface area contributed by atoms with Gasteiger partial charge in [-0.05, 0) is 76.5 Å². The molecule has 0 radical (unpaired) electrons. The molecular formula is C57H37N3O. The van der Waals surface area contributed by atoms with E-state index >= 15 is 0 Å². The van der Waals surface area contributed by atoms with Crippen molar-refractivity contribution in [1.29, 1.82) is 0 Å². The van der Waals surface area contributed by atoms with E-state index in [1.165, 1.54) is 27.6 Å². The summed E-state index contributed by atoms with van der Waals surface area (Å²) in [7, 11) is 0. The maximum Gasteiger partial charge on any atom is 0.132 e. The van der Waals surface area contributed by atoms with E-state index in [0.717, 1.165) is 94.9 Å². The average Bonchev–Trinajstić information content (AvgIpc) is 3.60. The number of para-hydroxylation sites is 3. The van der Waals surface area contributed by atoms with E-state index in [-0.39, 0.29) is 0 Å².